The van der Waals surface area contributed by atoms with Gasteiger partial charge in [0.2, 0.25) is 0 Å². The SMILES string of the molecule is CC(O)CCNCCCOC(C)C. The van der Waals surface area contributed by atoms with E-state index in [0.29, 0.717) is 6.10 Å². The van der Waals surface area contributed by atoms with Gasteiger partial charge in [0.25, 0.3) is 0 Å². The molecule has 0 rings (SSSR count). The second-order valence-corrected chi connectivity index (χ2v) is 3.66. The van der Waals surface area contributed by atoms with Gasteiger partial charge in [-0.25, -0.2) is 0 Å². The van der Waals surface area contributed by atoms with Gasteiger partial charge in [-0.1, -0.05) is 0 Å². The van der Waals surface area contributed by atoms with Gasteiger partial charge in [-0.3, -0.25) is 0 Å². The fraction of sp³-hybridized carbons (Fsp3) is 1.00. The Labute approximate surface area is 81.5 Å². The Morgan fingerprint density at radius 1 is 1.23 bits per heavy atom. The van der Waals surface area contributed by atoms with Crippen molar-refractivity contribution in [3.05, 3.63) is 0 Å². The summed E-state index contributed by atoms with van der Waals surface area (Å²) >= 11 is 0. The van der Waals surface area contributed by atoms with Gasteiger partial charge in [0.1, 0.15) is 0 Å². The van der Waals surface area contributed by atoms with Crippen LogP contribution < -0.4 is 5.32 Å². The van der Waals surface area contributed by atoms with Crippen LogP contribution in [0.1, 0.15) is 33.6 Å². The second-order valence-electron chi connectivity index (χ2n) is 3.66. The average molecular weight is 189 g/mol. The van der Waals surface area contributed by atoms with Crippen LogP contribution in [-0.4, -0.2) is 37.0 Å². The molecule has 2 N–H and O–H groups in total. The summed E-state index contributed by atoms with van der Waals surface area (Å²) in [7, 11) is 0. The minimum Gasteiger partial charge on any atom is -0.393 e. The molecule has 3 heteroatoms. The Morgan fingerprint density at radius 3 is 2.46 bits per heavy atom. The second kappa shape index (κ2) is 8.48. The van der Waals surface area contributed by atoms with Crippen LogP contribution in [0.3, 0.4) is 0 Å². The molecule has 0 spiro atoms. The number of aliphatic hydroxyl groups is 1. The van der Waals surface area contributed by atoms with E-state index in [1.165, 1.54) is 0 Å². The van der Waals surface area contributed by atoms with E-state index in [2.05, 4.69) is 5.32 Å². The molecule has 0 saturated heterocycles. The Kier molecular flexibility index (Phi) is 8.40. The third-order valence-corrected chi connectivity index (χ3v) is 1.69. The molecule has 1 unspecified atom stereocenters. The molecule has 0 bridgehead atoms. The van der Waals surface area contributed by atoms with Gasteiger partial charge >= 0.3 is 0 Å². The van der Waals surface area contributed by atoms with Crippen LogP contribution in [0.15, 0.2) is 0 Å². The monoisotopic (exact) mass is 189 g/mol. The van der Waals surface area contributed by atoms with E-state index in [1.807, 2.05) is 20.8 Å². The van der Waals surface area contributed by atoms with Crippen molar-refractivity contribution in [2.75, 3.05) is 19.7 Å². The number of rotatable bonds is 8. The van der Waals surface area contributed by atoms with Crippen LogP contribution in [-0.2, 0) is 4.74 Å². The lowest BCUT2D eigenvalue weighted by Crippen LogP contribution is -2.21. The van der Waals surface area contributed by atoms with Crippen LogP contribution in [0.25, 0.3) is 0 Å². The van der Waals surface area contributed by atoms with Gasteiger partial charge in [0.05, 0.1) is 12.2 Å². The maximum absolute atomic E-state index is 8.96. The lowest BCUT2D eigenvalue weighted by molar-refractivity contribution is 0.0769. The lowest BCUT2D eigenvalue weighted by Gasteiger charge is -2.08. The Morgan fingerprint density at radius 2 is 1.92 bits per heavy atom. The third-order valence-electron chi connectivity index (χ3n) is 1.69. The fourth-order valence-electron chi connectivity index (χ4n) is 0.952. The van der Waals surface area contributed by atoms with Gasteiger partial charge in [0.15, 0.2) is 0 Å². The molecule has 0 aliphatic carbocycles. The van der Waals surface area contributed by atoms with Gasteiger partial charge in [-0.15, -0.1) is 0 Å². The molecular formula is C10H23NO2. The zero-order chi connectivity index (χ0) is 10.1. The molecule has 0 aromatic heterocycles. The molecular weight excluding hydrogens is 166 g/mol. The highest BCUT2D eigenvalue weighted by molar-refractivity contribution is 4.52. The number of nitrogens with one attached hydrogen (secondary N) is 1. The van der Waals surface area contributed by atoms with Crippen LogP contribution in [0.5, 0.6) is 0 Å². The predicted octanol–water partition coefficient (Wildman–Crippen LogP) is 1.16. The lowest BCUT2D eigenvalue weighted by atomic mass is 10.3. The Bertz CT molecular complexity index is 93.1. The minimum atomic E-state index is -0.195. The quantitative estimate of drug-likeness (QED) is 0.563. The Hall–Kier alpha value is -0.120. The summed E-state index contributed by atoms with van der Waals surface area (Å²) in [6.07, 6.45) is 2.00. The highest BCUT2D eigenvalue weighted by Crippen LogP contribution is 1.90. The topological polar surface area (TPSA) is 41.5 Å². The van der Waals surface area contributed by atoms with E-state index in [0.717, 1.165) is 32.5 Å². The summed E-state index contributed by atoms with van der Waals surface area (Å²) in [6.45, 7) is 8.57. The van der Waals surface area contributed by atoms with E-state index in [-0.39, 0.29) is 6.10 Å². The number of ether oxygens (including phenoxy) is 1. The zero-order valence-electron chi connectivity index (χ0n) is 9.05. The standard InChI is InChI=1S/C10H23NO2/c1-9(2)13-8-4-6-11-7-5-10(3)12/h9-12H,4-8H2,1-3H3. The largest absolute Gasteiger partial charge is 0.393 e. The molecule has 3 nitrogen and oxygen atoms in total. The molecule has 80 valence electrons. The molecule has 1 atom stereocenters. The molecule has 13 heavy (non-hydrogen) atoms. The number of aliphatic hydroxyl groups excluding tert-OH is 1. The maximum Gasteiger partial charge on any atom is 0.0524 e. The predicted molar refractivity (Wildman–Crippen MR) is 54.9 cm³/mol. The summed E-state index contributed by atoms with van der Waals surface area (Å²) < 4.78 is 5.38. The van der Waals surface area contributed by atoms with Gasteiger partial charge < -0.3 is 15.2 Å². The number of hydrogen-bond donors (Lipinski definition) is 2. The van der Waals surface area contributed by atoms with E-state index < -0.39 is 0 Å². The molecule has 0 aromatic carbocycles. The molecule has 0 radical (unpaired) electrons. The zero-order valence-corrected chi connectivity index (χ0v) is 9.05. The molecule has 0 heterocycles. The van der Waals surface area contributed by atoms with Crippen molar-refractivity contribution < 1.29 is 9.84 Å². The molecule has 0 fully saturated rings. The average Bonchev–Trinajstić information content (AvgIpc) is 2.01. The summed E-state index contributed by atoms with van der Waals surface area (Å²) in [5, 5.41) is 12.2. The molecule has 0 aliphatic rings. The van der Waals surface area contributed by atoms with Gasteiger partial charge in [-0.05, 0) is 46.7 Å². The van der Waals surface area contributed by atoms with Crippen molar-refractivity contribution in [3.8, 4) is 0 Å². The van der Waals surface area contributed by atoms with Crippen molar-refractivity contribution in [1.82, 2.24) is 5.32 Å². The third kappa shape index (κ3) is 11.9. The van der Waals surface area contributed by atoms with Crippen LogP contribution >= 0.6 is 0 Å². The van der Waals surface area contributed by atoms with Crippen LogP contribution in [0.4, 0.5) is 0 Å². The Balaban J connectivity index is 2.92. The first-order valence-corrected chi connectivity index (χ1v) is 5.13. The highest BCUT2D eigenvalue weighted by Gasteiger charge is 1.95. The summed E-state index contributed by atoms with van der Waals surface area (Å²) in [6, 6.07) is 0. The molecule has 0 aromatic rings. The first-order chi connectivity index (χ1) is 6.13. The smallest absolute Gasteiger partial charge is 0.0524 e. The van der Waals surface area contributed by atoms with Crippen molar-refractivity contribution in [1.29, 1.82) is 0 Å². The molecule has 0 aliphatic heterocycles. The normalized spacial score (nSPS) is 13.6. The van der Waals surface area contributed by atoms with Crippen molar-refractivity contribution >= 4 is 0 Å². The van der Waals surface area contributed by atoms with Crippen molar-refractivity contribution in [3.63, 3.8) is 0 Å². The number of hydrogen-bond acceptors (Lipinski definition) is 3. The van der Waals surface area contributed by atoms with Crippen LogP contribution in [0.2, 0.25) is 0 Å². The minimum absolute atomic E-state index is 0.195. The summed E-state index contributed by atoms with van der Waals surface area (Å²) in [5.74, 6) is 0. The maximum atomic E-state index is 8.96. The first-order valence-electron chi connectivity index (χ1n) is 5.13. The van der Waals surface area contributed by atoms with Gasteiger partial charge in [0, 0.05) is 6.61 Å². The van der Waals surface area contributed by atoms with E-state index in [1.54, 1.807) is 0 Å². The van der Waals surface area contributed by atoms with Crippen molar-refractivity contribution in [2.45, 2.75) is 45.8 Å². The molecule has 0 amide bonds. The van der Waals surface area contributed by atoms with Crippen LogP contribution in [0, 0.1) is 0 Å². The highest BCUT2D eigenvalue weighted by atomic mass is 16.5. The summed E-state index contributed by atoms with van der Waals surface area (Å²) in [5.41, 5.74) is 0. The van der Waals surface area contributed by atoms with E-state index in [4.69, 9.17) is 9.84 Å². The molecule has 0 saturated carbocycles. The first kappa shape index (κ1) is 12.9. The summed E-state index contributed by atoms with van der Waals surface area (Å²) in [4.78, 5) is 0. The van der Waals surface area contributed by atoms with Crippen molar-refractivity contribution in [2.24, 2.45) is 0 Å². The van der Waals surface area contributed by atoms with E-state index >= 15 is 0 Å². The fourth-order valence-corrected chi connectivity index (χ4v) is 0.952. The van der Waals surface area contributed by atoms with Gasteiger partial charge in [-0.2, -0.15) is 0 Å². The van der Waals surface area contributed by atoms with E-state index in [9.17, 15) is 0 Å².